The molecule has 0 fully saturated rings. The van der Waals surface area contributed by atoms with Crippen LogP contribution in [-0.2, 0) is 9.53 Å². The zero-order chi connectivity index (χ0) is 11.7. The minimum atomic E-state index is -0.204. The van der Waals surface area contributed by atoms with Crippen molar-refractivity contribution in [1.82, 2.24) is 5.32 Å². The van der Waals surface area contributed by atoms with Gasteiger partial charge >= 0.3 is 5.97 Å². The molecule has 4 heteroatoms. The Hall–Kier alpha value is -0.610. The molecule has 0 spiro atoms. The summed E-state index contributed by atoms with van der Waals surface area (Å²) in [4.78, 5) is 10.8. The Kier molecular flexibility index (Phi) is 7.34. The molecule has 0 atom stereocenters. The summed E-state index contributed by atoms with van der Waals surface area (Å²) in [6.07, 6.45) is 2.25. The van der Waals surface area contributed by atoms with Crippen molar-refractivity contribution in [3.05, 3.63) is 0 Å². The Balaban J connectivity index is 3.76. The standard InChI is InChI=1S/C11H23NO3/c1-4-11(5-2,9-13)8-12-7-6-10(14)15-3/h12-13H,4-9H2,1-3H3. The SMILES string of the molecule is CCC(CC)(CO)CNCCC(=O)OC. The number of esters is 1. The number of rotatable bonds is 8. The van der Waals surface area contributed by atoms with E-state index in [9.17, 15) is 9.90 Å². The molecular formula is C11H23NO3. The third-order valence-electron chi connectivity index (χ3n) is 3.07. The Bertz CT molecular complexity index is 170. The van der Waals surface area contributed by atoms with Crippen LogP contribution in [0.4, 0.5) is 0 Å². The molecule has 0 aliphatic carbocycles. The van der Waals surface area contributed by atoms with E-state index < -0.39 is 0 Å². The van der Waals surface area contributed by atoms with Crippen LogP contribution in [0.3, 0.4) is 0 Å². The first kappa shape index (κ1) is 14.4. The van der Waals surface area contributed by atoms with Crippen LogP contribution in [0.2, 0.25) is 0 Å². The number of hydrogen-bond acceptors (Lipinski definition) is 4. The number of carbonyl (C=O) groups excluding carboxylic acids is 1. The van der Waals surface area contributed by atoms with Crippen LogP contribution >= 0.6 is 0 Å². The van der Waals surface area contributed by atoms with Crippen molar-refractivity contribution in [2.45, 2.75) is 33.1 Å². The van der Waals surface area contributed by atoms with Gasteiger partial charge in [-0.25, -0.2) is 0 Å². The van der Waals surface area contributed by atoms with Gasteiger partial charge in [0.1, 0.15) is 0 Å². The fraction of sp³-hybridized carbons (Fsp3) is 0.909. The first-order valence-corrected chi connectivity index (χ1v) is 5.52. The van der Waals surface area contributed by atoms with Gasteiger partial charge in [-0.1, -0.05) is 13.8 Å². The zero-order valence-electron chi connectivity index (χ0n) is 10.0. The first-order valence-electron chi connectivity index (χ1n) is 5.52. The van der Waals surface area contributed by atoms with Crippen molar-refractivity contribution in [3.63, 3.8) is 0 Å². The predicted molar refractivity (Wildman–Crippen MR) is 59.6 cm³/mol. The molecule has 15 heavy (non-hydrogen) atoms. The number of ether oxygens (including phenoxy) is 1. The molecule has 0 rings (SSSR count). The number of aliphatic hydroxyl groups is 1. The first-order chi connectivity index (χ1) is 7.14. The van der Waals surface area contributed by atoms with Gasteiger partial charge in [0, 0.05) is 25.1 Å². The van der Waals surface area contributed by atoms with Crippen molar-refractivity contribution in [2.75, 3.05) is 26.8 Å². The highest BCUT2D eigenvalue weighted by atomic mass is 16.5. The molecule has 2 N–H and O–H groups in total. The second-order valence-electron chi connectivity index (χ2n) is 3.87. The molecule has 0 aliphatic rings. The molecule has 0 heterocycles. The maximum atomic E-state index is 10.8. The van der Waals surface area contributed by atoms with Crippen LogP contribution in [0.15, 0.2) is 0 Å². The number of hydrogen-bond donors (Lipinski definition) is 2. The monoisotopic (exact) mass is 217 g/mol. The van der Waals surface area contributed by atoms with E-state index in [2.05, 4.69) is 23.9 Å². The third-order valence-corrected chi connectivity index (χ3v) is 3.07. The van der Waals surface area contributed by atoms with E-state index in [0.717, 1.165) is 19.4 Å². The summed E-state index contributed by atoms with van der Waals surface area (Å²) >= 11 is 0. The molecule has 0 aromatic rings. The molecule has 90 valence electrons. The lowest BCUT2D eigenvalue weighted by Crippen LogP contribution is -2.37. The van der Waals surface area contributed by atoms with Crippen molar-refractivity contribution in [1.29, 1.82) is 0 Å². The molecule has 0 aromatic heterocycles. The second kappa shape index (κ2) is 7.65. The van der Waals surface area contributed by atoms with Crippen LogP contribution in [-0.4, -0.2) is 37.9 Å². The van der Waals surface area contributed by atoms with Gasteiger partial charge in [-0.05, 0) is 12.8 Å². The van der Waals surface area contributed by atoms with Crippen LogP contribution in [0.25, 0.3) is 0 Å². The summed E-state index contributed by atoms with van der Waals surface area (Å²) in [5.74, 6) is -0.204. The zero-order valence-corrected chi connectivity index (χ0v) is 10.0. The lowest BCUT2D eigenvalue weighted by molar-refractivity contribution is -0.140. The lowest BCUT2D eigenvalue weighted by Gasteiger charge is -2.29. The van der Waals surface area contributed by atoms with Gasteiger partial charge in [0.05, 0.1) is 13.5 Å². The van der Waals surface area contributed by atoms with E-state index >= 15 is 0 Å². The maximum Gasteiger partial charge on any atom is 0.306 e. The molecule has 0 aliphatic heterocycles. The Morgan fingerprint density at radius 2 is 2.00 bits per heavy atom. The number of nitrogens with one attached hydrogen (secondary N) is 1. The third kappa shape index (κ3) is 5.14. The summed E-state index contributed by atoms with van der Waals surface area (Å²) in [5, 5.41) is 12.5. The fourth-order valence-electron chi connectivity index (χ4n) is 1.43. The van der Waals surface area contributed by atoms with Crippen LogP contribution in [0.5, 0.6) is 0 Å². The molecule has 0 bridgehead atoms. The van der Waals surface area contributed by atoms with Crippen LogP contribution < -0.4 is 5.32 Å². The minimum Gasteiger partial charge on any atom is -0.469 e. The van der Waals surface area contributed by atoms with Gasteiger partial charge < -0.3 is 15.2 Å². The van der Waals surface area contributed by atoms with E-state index in [1.807, 2.05) is 0 Å². The summed E-state index contributed by atoms with van der Waals surface area (Å²) in [7, 11) is 1.39. The molecule has 0 unspecified atom stereocenters. The topological polar surface area (TPSA) is 58.6 Å². The number of aliphatic hydroxyl groups excluding tert-OH is 1. The quantitative estimate of drug-likeness (QED) is 0.469. The van der Waals surface area contributed by atoms with E-state index in [1.54, 1.807) is 0 Å². The minimum absolute atomic E-state index is 0.0455. The Labute approximate surface area is 92.0 Å². The Morgan fingerprint density at radius 1 is 1.40 bits per heavy atom. The largest absolute Gasteiger partial charge is 0.469 e. The predicted octanol–water partition coefficient (Wildman–Crippen LogP) is 0.938. The molecule has 0 amide bonds. The summed E-state index contributed by atoms with van der Waals surface area (Å²) in [6, 6.07) is 0. The van der Waals surface area contributed by atoms with Crippen molar-refractivity contribution < 1.29 is 14.6 Å². The van der Waals surface area contributed by atoms with Gasteiger partial charge in [-0.2, -0.15) is 0 Å². The van der Waals surface area contributed by atoms with E-state index in [0.29, 0.717) is 13.0 Å². The van der Waals surface area contributed by atoms with E-state index in [1.165, 1.54) is 7.11 Å². The van der Waals surface area contributed by atoms with Crippen molar-refractivity contribution >= 4 is 5.97 Å². The van der Waals surface area contributed by atoms with Gasteiger partial charge in [0.2, 0.25) is 0 Å². The highest BCUT2D eigenvalue weighted by Gasteiger charge is 2.24. The van der Waals surface area contributed by atoms with Gasteiger partial charge in [0.25, 0.3) is 0 Å². The average Bonchev–Trinajstić information content (AvgIpc) is 2.30. The molecule has 4 nitrogen and oxygen atoms in total. The van der Waals surface area contributed by atoms with Gasteiger partial charge in [-0.15, -0.1) is 0 Å². The smallest absolute Gasteiger partial charge is 0.306 e. The molecule has 0 aromatic carbocycles. The molecular weight excluding hydrogens is 194 g/mol. The van der Waals surface area contributed by atoms with Gasteiger partial charge in [-0.3, -0.25) is 4.79 Å². The fourth-order valence-corrected chi connectivity index (χ4v) is 1.43. The highest BCUT2D eigenvalue weighted by molar-refractivity contribution is 5.69. The highest BCUT2D eigenvalue weighted by Crippen LogP contribution is 2.24. The number of carbonyl (C=O) groups is 1. The average molecular weight is 217 g/mol. The number of methoxy groups -OCH3 is 1. The summed E-state index contributed by atoms with van der Waals surface area (Å²) in [6.45, 7) is 5.68. The summed E-state index contributed by atoms with van der Waals surface area (Å²) in [5.41, 5.74) is -0.0455. The van der Waals surface area contributed by atoms with Crippen LogP contribution in [0.1, 0.15) is 33.1 Å². The molecule has 0 saturated heterocycles. The molecule has 0 radical (unpaired) electrons. The van der Waals surface area contributed by atoms with Gasteiger partial charge in [0.15, 0.2) is 0 Å². The Morgan fingerprint density at radius 3 is 2.40 bits per heavy atom. The van der Waals surface area contributed by atoms with E-state index in [4.69, 9.17) is 0 Å². The normalized spacial score (nSPS) is 11.5. The van der Waals surface area contributed by atoms with Crippen molar-refractivity contribution in [3.8, 4) is 0 Å². The second-order valence-corrected chi connectivity index (χ2v) is 3.87. The lowest BCUT2D eigenvalue weighted by atomic mass is 9.83. The summed E-state index contributed by atoms with van der Waals surface area (Å²) < 4.78 is 4.53. The molecule has 0 saturated carbocycles. The van der Waals surface area contributed by atoms with Crippen molar-refractivity contribution in [2.24, 2.45) is 5.41 Å². The van der Waals surface area contributed by atoms with Crippen LogP contribution in [0, 0.1) is 5.41 Å². The van der Waals surface area contributed by atoms with E-state index in [-0.39, 0.29) is 18.0 Å². The maximum absolute atomic E-state index is 10.8.